The SMILES string of the molecule is O=C(COc1ccc(F)cc1)NCc1ccc2c(c1)OCCCO2. The van der Waals surface area contributed by atoms with Crippen molar-refractivity contribution in [1.29, 1.82) is 0 Å². The summed E-state index contributed by atoms with van der Waals surface area (Å²) in [6, 6.07) is 11.1. The van der Waals surface area contributed by atoms with Gasteiger partial charge in [0.05, 0.1) is 13.2 Å². The Hall–Kier alpha value is -2.76. The van der Waals surface area contributed by atoms with Crippen LogP contribution in [-0.2, 0) is 11.3 Å². The number of fused-ring (bicyclic) bond motifs is 1. The monoisotopic (exact) mass is 331 g/mol. The second-order valence-electron chi connectivity index (χ2n) is 5.35. The Balaban J connectivity index is 1.49. The van der Waals surface area contributed by atoms with E-state index in [9.17, 15) is 9.18 Å². The van der Waals surface area contributed by atoms with Crippen LogP contribution in [-0.4, -0.2) is 25.7 Å². The molecule has 1 aliphatic heterocycles. The molecule has 1 heterocycles. The van der Waals surface area contributed by atoms with Crippen molar-refractivity contribution in [1.82, 2.24) is 5.32 Å². The van der Waals surface area contributed by atoms with Crippen LogP contribution in [0.15, 0.2) is 42.5 Å². The third-order valence-corrected chi connectivity index (χ3v) is 3.49. The molecule has 0 aromatic heterocycles. The van der Waals surface area contributed by atoms with Crippen LogP contribution in [0, 0.1) is 5.82 Å². The molecule has 2 aromatic rings. The summed E-state index contributed by atoms with van der Waals surface area (Å²) in [5, 5.41) is 2.77. The molecule has 0 atom stereocenters. The molecule has 24 heavy (non-hydrogen) atoms. The zero-order valence-electron chi connectivity index (χ0n) is 13.1. The number of amides is 1. The highest BCUT2D eigenvalue weighted by Crippen LogP contribution is 2.30. The Morgan fingerprint density at radius 1 is 1.08 bits per heavy atom. The van der Waals surface area contributed by atoms with Gasteiger partial charge in [-0.05, 0) is 42.0 Å². The van der Waals surface area contributed by atoms with Crippen LogP contribution < -0.4 is 19.5 Å². The van der Waals surface area contributed by atoms with Crippen LogP contribution in [0.5, 0.6) is 17.2 Å². The molecule has 126 valence electrons. The molecule has 5 nitrogen and oxygen atoms in total. The molecule has 0 bridgehead atoms. The smallest absolute Gasteiger partial charge is 0.258 e. The van der Waals surface area contributed by atoms with Gasteiger partial charge in [-0.3, -0.25) is 4.79 Å². The standard InChI is InChI=1S/C18H18FNO4/c19-14-3-5-15(6-4-14)24-12-18(21)20-11-13-2-7-16-17(10-13)23-9-1-8-22-16/h2-7,10H,1,8-9,11-12H2,(H,20,21). The first-order valence-corrected chi connectivity index (χ1v) is 7.74. The predicted octanol–water partition coefficient (Wildman–Crippen LogP) is 2.68. The molecule has 0 aliphatic carbocycles. The lowest BCUT2D eigenvalue weighted by Gasteiger charge is -2.10. The van der Waals surface area contributed by atoms with E-state index in [2.05, 4.69) is 5.32 Å². The Kier molecular flexibility index (Phi) is 5.15. The summed E-state index contributed by atoms with van der Waals surface area (Å²) in [6.07, 6.45) is 0.849. The van der Waals surface area contributed by atoms with Gasteiger partial charge in [-0.15, -0.1) is 0 Å². The second kappa shape index (κ2) is 7.68. The van der Waals surface area contributed by atoms with Crippen molar-refractivity contribution in [2.75, 3.05) is 19.8 Å². The zero-order chi connectivity index (χ0) is 16.8. The highest BCUT2D eigenvalue weighted by molar-refractivity contribution is 5.77. The van der Waals surface area contributed by atoms with Gasteiger partial charge in [-0.25, -0.2) is 4.39 Å². The van der Waals surface area contributed by atoms with Gasteiger partial charge in [-0.2, -0.15) is 0 Å². The Morgan fingerprint density at radius 2 is 1.83 bits per heavy atom. The summed E-state index contributed by atoms with van der Waals surface area (Å²) in [4.78, 5) is 11.8. The molecule has 0 saturated heterocycles. The Bertz CT molecular complexity index is 703. The number of rotatable bonds is 5. The van der Waals surface area contributed by atoms with Crippen LogP contribution in [0.1, 0.15) is 12.0 Å². The summed E-state index contributed by atoms with van der Waals surface area (Å²) < 4.78 is 29.3. The van der Waals surface area contributed by atoms with Crippen LogP contribution >= 0.6 is 0 Å². The molecule has 1 aliphatic rings. The second-order valence-corrected chi connectivity index (χ2v) is 5.35. The van der Waals surface area contributed by atoms with Gasteiger partial charge in [0.25, 0.3) is 5.91 Å². The first-order chi connectivity index (χ1) is 11.7. The molecule has 1 N–H and O–H groups in total. The lowest BCUT2D eigenvalue weighted by molar-refractivity contribution is -0.123. The highest BCUT2D eigenvalue weighted by Gasteiger charge is 2.11. The van der Waals surface area contributed by atoms with Crippen molar-refractivity contribution in [3.63, 3.8) is 0 Å². The van der Waals surface area contributed by atoms with Crippen LogP contribution in [0.3, 0.4) is 0 Å². The average Bonchev–Trinajstić information content (AvgIpc) is 2.84. The van der Waals surface area contributed by atoms with E-state index in [4.69, 9.17) is 14.2 Å². The van der Waals surface area contributed by atoms with Crippen molar-refractivity contribution in [2.45, 2.75) is 13.0 Å². The highest BCUT2D eigenvalue weighted by atomic mass is 19.1. The van der Waals surface area contributed by atoms with Gasteiger partial charge in [-0.1, -0.05) is 6.07 Å². The normalized spacial score (nSPS) is 13.0. The van der Waals surface area contributed by atoms with Crippen molar-refractivity contribution in [3.8, 4) is 17.2 Å². The maximum absolute atomic E-state index is 12.8. The van der Waals surface area contributed by atoms with E-state index in [1.165, 1.54) is 24.3 Å². The molecule has 6 heteroatoms. The minimum Gasteiger partial charge on any atom is -0.490 e. The van der Waals surface area contributed by atoms with E-state index < -0.39 is 0 Å². The maximum atomic E-state index is 12.8. The minimum atomic E-state index is -0.346. The number of hydrogen-bond acceptors (Lipinski definition) is 4. The predicted molar refractivity (Wildman–Crippen MR) is 85.8 cm³/mol. The minimum absolute atomic E-state index is 0.129. The number of halogens is 1. The molecule has 0 fully saturated rings. The molecule has 1 amide bonds. The van der Waals surface area contributed by atoms with E-state index in [1.807, 2.05) is 18.2 Å². The number of nitrogens with one attached hydrogen (secondary N) is 1. The fourth-order valence-corrected chi connectivity index (χ4v) is 2.25. The van der Waals surface area contributed by atoms with Gasteiger partial charge in [0.2, 0.25) is 0 Å². The summed E-state index contributed by atoms with van der Waals surface area (Å²) in [5.74, 6) is 1.26. The lowest BCUT2D eigenvalue weighted by Crippen LogP contribution is -2.28. The summed E-state index contributed by atoms with van der Waals surface area (Å²) >= 11 is 0. The molecule has 0 spiro atoms. The summed E-state index contributed by atoms with van der Waals surface area (Å²) in [5.41, 5.74) is 0.911. The molecular formula is C18H18FNO4. The molecule has 2 aromatic carbocycles. The molecule has 3 rings (SSSR count). The fourth-order valence-electron chi connectivity index (χ4n) is 2.25. The fraction of sp³-hybridized carbons (Fsp3) is 0.278. The van der Waals surface area contributed by atoms with E-state index in [-0.39, 0.29) is 18.3 Å². The number of carbonyl (C=O) groups is 1. The largest absolute Gasteiger partial charge is 0.490 e. The number of benzene rings is 2. The zero-order valence-corrected chi connectivity index (χ0v) is 13.1. The third kappa shape index (κ3) is 4.38. The van der Waals surface area contributed by atoms with E-state index in [1.54, 1.807) is 0 Å². The van der Waals surface area contributed by atoms with Gasteiger partial charge < -0.3 is 19.5 Å². The van der Waals surface area contributed by atoms with Crippen LogP contribution in [0.2, 0.25) is 0 Å². The summed E-state index contributed by atoms with van der Waals surface area (Å²) in [6.45, 7) is 1.50. The van der Waals surface area contributed by atoms with Crippen LogP contribution in [0.25, 0.3) is 0 Å². The van der Waals surface area contributed by atoms with E-state index in [0.29, 0.717) is 31.3 Å². The van der Waals surface area contributed by atoms with Crippen LogP contribution in [0.4, 0.5) is 4.39 Å². The van der Waals surface area contributed by atoms with Gasteiger partial charge >= 0.3 is 0 Å². The molecular weight excluding hydrogens is 313 g/mol. The average molecular weight is 331 g/mol. The number of carbonyl (C=O) groups excluding carboxylic acids is 1. The quantitative estimate of drug-likeness (QED) is 0.915. The van der Waals surface area contributed by atoms with Crippen molar-refractivity contribution in [3.05, 3.63) is 53.8 Å². The number of hydrogen-bond donors (Lipinski definition) is 1. The lowest BCUT2D eigenvalue weighted by atomic mass is 10.2. The Morgan fingerprint density at radius 3 is 2.62 bits per heavy atom. The Labute approximate surface area is 139 Å². The van der Waals surface area contributed by atoms with Gasteiger partial charge in [0.15, 0.2) is 18.1 Å². The number of ether oxygens (including phenoxy) is 3. The maximum Gasteiger partial charge on any atom is 0.258 e. The third-order valence-electron chi connectivity index (χ3n) is 3.49. The van der Waals surface area contributed by atoms with Crippen molar-refractivity contribution < 1.29 is 23.4 Å². The summed E-state index contributed by atoms with van der Waals surface area (Å²) in [7, 11) is 0. The molecule has 0 saturated carbocycles. The van der Waals surface area contributed by atoms with E-state index in [0.717, 1.165) is 17.7 Å². The van der Waals surface area contributed by atoms with Crippen molar-refractivity contribution in [2.24, 2.45) is 0 Å². The van der Waals surface area contributed by atoms with Crippen molar-refractivity contribution >= 4 is 5.91 Å². The van der Waals surface area contributed by atoms with Gasteiger partial charge in [0, 0.05) is 13.0 Å². The van der Waals surface area contributed by atoms with E-state index >= 15 is 0 Å². The first kappa shape index (κ1) is 16.1. The first-order valence-electron chi connectivity index (χ1n) is 7.74. The van der Waals surface area contributed by atoms with Gasteiger partial charge in [0.1, 0.15) is 11.6 Å². The molecule has 0 unspecified atom stereocenters. The molecule has 0 radical (unpaired) electrons. The topological polar surface area (TPSA) is 56.8 Å².